The summed E-state index contributed by atoms with van der Waals surface area (Å²) >= 11 is 0. The Hall–Kier alpha value is -3.18. The molecule has 0 unspecified atom stereocenters. The highest BCUT2D eigenvalue weighted by molar-refractivity contribution is 6.34. The van der Waals surface area contributed by atoms with Gasteiger partial charge in [0.25, 0.3) is 5.91 Å². The fourth-order valence-corrected chi connectivity index (χ4v) is 3.21. The summed E-state index contributed by atoms with van der Waals surface area (Å²) in [7, 11) is 4.10. The average molecular weight is 344 g/mol. The Morgan fingerprint density at radius 1 is 1.12 bits per heavy atom. The first-order valence-corrected chi connectivity index (χ1v) is 8.51. The number of fused-ring (bicyclic) bond motifs is 3. The summed E-state index contributed by atoms with van der Waals surface area (Å²) in [6, 6.07) is 15.9. The third-order valence-corrected chi connectivity index (χ3v) is 4.38. The number of anilines is 2. The predicted octanol–water partition coefficient (Wildman–Crippen LogP) is 3.70. The normalized spacial score (nSPS) is 14.7. The van der Waals surface area contributed by atoms with E-state index in [-0.39, 0.29) is 5.91 Å². The number of carbonyl (C=O) groups excluding carboxylic acids is 1. The largest absolute Gasteiger partial charge is 0.361 e. The lowest BCUT2D eigenvalue weighted by molar-refractivity contribution is -0.110. The van der Waals surface area contributed by atoms with Crippen LogP contribution in [0, 0.1) is 0 Å². The molecule has 1 aliphatic heterocycles. The molecule has 0 saturated carbocycles. The van der Waals surface area contributed by atoms with Crippen LogP contribution >= 0.6 is 0 Å². The number of pyridine rings is 1. The second-order valence-corrected chi connectivity index (χ2v) is 6.65. The molecule has 2 aromatic carbocycles. The smallest absolute Gasteiger partial charge is 0.257 e. The molecular formula is C21H20N4O. The van der Waals surface area contributed by atoms with Crippen molar-refractivity contribution in [1.29, 1.82) is 0 Å². The molecule has 1 aromatic heterocycles. The van der Waals surface area contributed by atoms with Gasteiger partial charge in [0.05, 0.1) is 11.1 Å². The lowest BCUT2D eigenvalue weighted by Crippen LogP contribution is -2.10. The Balaban J connectivity index is 1.65. The summed E-state index contributed by atoms with van der Waals surface area (Å²) < 4.78 is 0. The van der Waals surface area contributed by atoms with Crippen LogP contribution in [-0.4, -0.2) is 29.9 Å². The van der Waals surface area contributed by atoms with Crippen LogP contribution in [0.25, 0.3) is 16.5 Å². The molecule has 0 saturated heterocycles. The maximum absolute atomic E-state index is 12.4. The van der Waals surface area contributed by atoms with Crippen LogP contribution < -0.4 is 10.6 Å². The minimum Gasteiger partial charge on any atom is -0.361 e. The van der Waals surface area contributed by atoms with Gasteiger partial charge in [-0.3, -0.25) is 9.78 Å². The van der Waals surface area contributed by atoms with Crippen LogP contribution in [0.15, 0.2) is 60.9 Å². The Labute approximate surface area is 152 Å². The summed E-state index contributed by atoms with van der Waals surface area (Å²) in [5, 5.41) is 7.14. The third kappa shape index (κ3) is 3.05. The summed E-state index contributed by atoms with van der Waals surface area (Å²) in [4.78, 5) is 18.9. The monoisotopic (exact) mass is 344 g/mol. The van der Waals surface area contributed by atoms with Crippen molar-refractivity contribution in [1.82, 2.24) is 9.88 Å². The topological polar surface area (TPSA) is 57.3 Å². The van der Waals surface area contributed by atoms with E-state index in [1.54, 1.807) is 12.4 Å². The van der Waals surface area contributed by atoms with Gasteiger partial charge in [-0.2, -0.15) is 0 Å². The number of nitrogens with zero attached hydrogens (tertiary/aromatic N) is 2. The van der Waals surface area contributed by atoms with E-state index in [0.717, 1.165) is 34.4 Å². The van der Waals surface area contributed by atoms with Crippen molar-refractivity contribution in [3.8, 4) is 0 Å². The summed E-state index contributed by atoms with van der Waals surface area (Å²) in [6.07, 6.45) is 3.53. The molecule has 0 radical (unpaired) electrons. The van der Waals surface area contributed by atoms with E-state index >= 15 is 0 Å². The van der Waals surface area contributed by atoms with Crippen molar-refractivity contribution >= 4 is 33.8 Å². The van der Waals surface area contributed by atoms with E-state index in [1.165, 1.54) is 5.56 Å². The lowest BCUT2D eigenvalue weighted by atomic mass is 10.0. The number of aromatic nitrogens is 1. The molecule has 0 aliphatic carbocycles. The van der Waals surface area contributed by atoms with Crippen LogP contribution in [0.4, 0.5) is 11.4 Å². The van der Waals surface area contributed by atoms with Gasteiger partial charge in [-0.25, -0.2) is 0 Å². The van der Waals surface area contributed by atoms with Crippen molar-refractivity contribution in [3.05, 3.63) is 72.1 Å². The number of rotatable bonds is 4. The van der Waals surface area contributed by atoms with E-state index in [2.05, 4.69) is 32.7 Å². The predicted molar refractivity (Wildman–Crippen MR) is 106 cm³/mol. The van der Waals surface area contributed by atoms with Crippen LogP contribution in [0.2, 0.25) is 0 Å². The fraction of sp³-hybridized carbons (Fsp3) is 0.143. The van der Waals surface area contributed by atoms with Crippen molar-refractivity contribution < 1.29 is 4.79 Å². The molecule has 0 bridgehead atoms. The van der Waals surface area contributed by atoms with E-state index in [1.807, 2.05) is 50.5 Å². The van der Waals surface area contributed by atoms with Gasteiger partial charge in [0.2, 0.25) is 0 Å². The van der Waals surface area contributed by atoms with Crippen molar-refractivity contribution in [3.63, 3.8) is 0 Å². The highest BCUT2D eigenvalue weighted by atomic mass is 16.2. The van der Waals surface area contributed by atoms with Gasteiger partial charge in [-0.1, -0.05) is 18.2 Å². The quantitative estimate of drug-likeness (QED) is 0.709. The van der Waals surface area contributed by atoms with Gasteiger partial charge in [0.15, 0.2) is 0 Å². The molecule has 130 valence electrons. The maximum atomic E-state index is 12.4. The van der Waals surface area contributed by atoms with E-state index in [0.29, 0.717) is 5.57 Å². The van der Waals surface area contributed by atoms with Gasteiger partial charge >= 0.3 is 0 Å². The number of amides is 1. The SMILES string of the molecule is CN(C)Cc1ccc(NC=C2C(=O)Nc3ccc4ncccc4c32)cc1. The van der Waals surface area contributed by atoms with Gasteiger partial charge in [0, 0.05) is 41.3 Å². The molecular weight excluding hydrogens is 324 g/mol. The van der Waals surface area contributed by atoms with Gasteiger partial charge in [-0.05, 0) is 50.0 Å². The molecule has 1 amide bonds. The standard InChI is InChI=1S/C21H20N4O/c1-25(2)13-14-5-7-15(8-6-14)23-12-17-20-16-4-3-11-22-18(16)9-10-19(20)24-21(17)26/h3-12,23H,13H2,1-2H3,(H,24,26). The number of carbonyl (C=O) groups is 1. The number of hydrogen-bond donors (Lipinski definition) is 2. The minimum atomic E-state index is -0.104. The highest BCUT2D eigenvalue weighted by Gasteiger charge is 2.26. The first kappa shape index (κ1) is 16.3. The molecule has 5 heteroatoms. The van der Waals surface area contributed by atoms with Crippen LogP contribution in [0.3, 0.4) is 0 Å². The maximum Gasteiger partial charge on any atom is 0.257 e. The molecule has 26 heavy (non-hydrogen) atoms. The summed E-state index contributed by atoms with van der Waals surface area (Å²) in [5.74, 6) is -0.104. The molecule has 1 aliphatic rings. The fourth-order valence-electron chi connectivity index (χ4n) is 3.21. The molecule has 4 rings (SSSR count). The van der Waals surface area contributed by atoms with E-state index in [9.17, 15) is 4.79 Å². The van der Waals surface area contributed by atoms with Crippen LogP contribution in [0.5, 0.6) is 0 Å². The second-order valence-electron chi connectivity index (χ2n) is 6.65. The van der Waals surface area contributed by atoms with Crippen molar-refractivity contribution in [2.45, 2.75) is 6.54 Å². The van der Waals surface area contributed by atoms with Crippen molar-refractivity contribution in [2.75, 3.05) is 24.7 Å². The molecule has 2 N–H and O–H groups in total. The van der Waals surface area contributed by atoms with E-state index in [4.69, 9.17) is 0 Å². The Morgan fingerprint density at radius 3 is 2.69 bits per heavy atom. The molecule has 3 aromatic rings. The summed E-state index contributed by atoms with van der Waals surface area (Å²) in [6.45, 7) is 0.899. The second kappa shape index (κ2) is 6.61. The third-order valence-electron chi connectivity index (χ3n) is 4.38. The summed E-state index contributed by atoms with van der Waals surface area (Å²) in [5.41, 5.74) is 5.41. The zero-order valence-electron chi connectivity index (χ0n) is 14.8. The Kier molecular flexibility index (Phi) is 4.14. The van der Waals surface area contributed by atoms with Gasteiger partial charge < -0.3 is 15.5 Å². The lowest BCUT2D eigenvalue weighted by Gasteiger charge is -2.10. The number of hydrogen-bond acceptors (Lipinski definition) is 4. The first-order chi connectivity index (χ1) is 12.6. The minimum absolute atomic E-state index is 0.104. The molecule has 5 nitrogen and oxygen atoms in total. The molecule has 0 atom stereocenters. The van der Waals surface area contributed by atoms with Crippen LogP contribution in [0.1, 0.15) is 11.1 Å². The first-order valence-electron chi connectivity index (χ1n) is 8.51. The Bertz CT molecular complexity index is 1010. The molecule has 0 fully saturated rings. The Morgan fingerprint density at radius 2 is 1.92 bits per heavy atom. The number of nitrogens with one attached hydrogen (secondary N) is 2. The zero-order valence-corrected chi connectivity index (χ0v) is 14.8. The van der Waals surface area contributed by atoms with Crippen molar-refractivity contribution in [2.24, 2.45) is 0 Å². The average Bonchev–Trinajstić information content (AvgIpc) is 2.96. The molecule has 2 heterocycles. The van der Waals surface area contributed by atoms with E-state index < -0.39 is 0 Å². The number of benzene rings is 2. The highest BCUT2D eigenvalue weighted by Crippen LogP contribution is 2.37. The van der Waals surface area contributed by atoms with Gasteiger partial charge in [-0.15, -0.1) is 0 Å². The van der Waals surface area contributed by atoms with Crippen LogP contribution in [-0.2, 0) is 11.3 Å². The van der Waals surface area contributed by atoms with Gasteiger partial charge in [0.1, 0.15) is 0 Å². The zero-order chi connectivity index (χ0) is 18.1. The molecule has 0 spiro atoms.